The van der Waals surface area contributed by atoms with Gasteiger partial charge in [-0.15, -0.1) is 10.2 Å². The van der Waals surface area contributed by atoms with E-state index in [1.165, 1.54) is 34.7 Å². The Hall–Kier alpha value is -3.93. The summed E-state index contributed by atoms with van der Waals surface area (Å²) in [4.78, 5) is 16.8. The highest BCUT2D eigenvalue weighted by atomic mass is 19.4. The minimum atomic E-state index is -4.57. The molecular weight excluding hydrogens is 465 g/mol. The van der Waals surface area contributed by atoms with Crippen molar-refractivity contribution in [3.63, 3.8) is 0 Å². The molecule has 1 amide bonds. The number of benzene rings is 1. The van der Waals surface area contributed by atoms with Crippen molar-refractivity contribution >= 4 is 22.6 Å². The number of para-hydroxylation sites is 1. The predicted octanol–water partition coefficient (Wildman–Crippen LogP) is 3.90. The molecule has 182 valence electrons. The van der Waals surface area contributed by atoms with Gasteiger partial charge >= 0.3 is 12.3 Å². The van der Waals surface area contributed by atoms with Gasteiger partial charge in [-0.1, -0.05) is 24.3 Å². The third-order valence-electron chi connectivity index (χ3n) is 6.10. The monoisotopic (exact) mass is 486 g/mol. The minimum absolute atomic E-state index is 0.000365. The van der Waals surface area contributed by atoms with E-state index >= 15 is 0 Å². The Morgan fingerprint density at radius 2 is 2.03 bits per heavy atom. The van der Waals surface area contributed by atoms with Gasteiger partial charge in [0.15, 0.2) is 11.5 Å². The summed E-state index contributed by atoms with van der Waals surface area (Å²) in [6.45, 7) is 0.0593. The van der Waals surface area contributed by atoms with Crippen LogP contribution in [0.1, 0.15) is 18.0 Å². The number of carboxylic acid groups (broad SMARTS) is 1. The third kappa shape index (κ3) is 4.32. The fourth-order valence-corrected chi connectivity index (χ4v) is 4.57. The van der Waals surface area contributed by atoms with Gasteiger partial charge < -0.3 is 15.2 Å². The second-order valence-corrected chi connectivity index (χ2v) is 8.32. The van der Waals surface area contributed by atoms with Crippen molar-refractivity contribution < 1.29 is 27.8 Å². The number of amides is 1. The van der Waals surface area contributed by atoms with Crippen LogP contribution in [0.5, 0.6) is 5.75 Å². The van der Waals surface area contributed by atoms with Crippen molar-refractivity contribution in [3.05, 3.63) is 54.2 Å². The Kier molecular flexibility index (Phi) is 5.67. The van der Waals surface area contributed by atoms with E-state index in [1.54, 1.807) is 12.1 Å². The van der Waals surface area contributed by atoms with Gasteiger partial charge in [-0.3, -0.25) is 9.30 Å². The number of pyridine rings is 2. The van der Waals surface area contributed by atoms with E-state index in [4.69, 9.17) is 9.84 Å². The number of aromatic nitrogens is 4. The maximum absolute atomic E-state index is 14.2. The summed E-state index contributed by atoms with van der Waals surface area (Å²) in [6.07, 6.45) is -4.17. The molecular formula is C23H21F3N6O3. The largest absolute Gasteiger partial charge is 0.494 e. The standard InChI is InChI=1S/C23H21F3N6O3/c1-35-17-4-2-3-13-5-7-16(28-19(13)17)21-30-29-18-8-6-14(11-32(18)21)20(23(24,25)26)31-10-9-15(12-31)27-22(33)34/h2-8,11,15,20,27H,9-10,12H2,1H3,(H,33,34)/t15-,20-/m0/s1. The Labute approximate surface area is 197 Å². The Bertz CT molecular complexity index is 1410. The predicted molar refractivity (Wildman–Crippen MR) is 120 cm³/mol. The van der Waals surface area contributed by atoms with Crippen LogP contribution in [0.15, 0.2) is 48.7 Å². The number of halogens is 3. The van der Waals surface area contributed by atoms with Crippen LogP contribution >= 0.6 is 0 Å². The van der Waals surface area contributed by atoms with Crippen LogP contribution in [-0.2, 0) is 0 Å². The van der Waals surface area contributed by atoms with Gasteiger partial charge in [-0.05, 0) is 30.2 Å². The van der Waals surface area contributed by atoms with Crippen LogP contribution in [0.4, 0.5) is 18.0 Å². The van der Waals surface area contributed by atoms with Crippen molar-refractivity contribution in [1.82, 2.24) is 29.8 Å². The molecule has 0 aliphatic carbocycles. The molecule has 0 radical (unpaired) electrons. The lowest BCUT2D eigenvalue weighted by molar-refractivity contribution is -0.184. The van der Waals surface area contributed by atoms with Gasteiger partial charge in [-0.25, -0.2) is 9.78 Å². The smallest absolute Gasteiger partial charge is 0.408 e. The van der Waals surface area contributed by atoms with Crippen LogP contribution in [0.2, 0.25) is 0 Å². The zero-order chi connectivity index (χ0) is 24.7. The molecule has 0 spiro atoms. The summed E-state index contributed by atoms with van der Waals surface area (Å²) in [5.74, 6) is 0.858. The van der Waals surface area contributed by atoms with Gasteiger partial charge in [-0.2, -0.15) is 13.2 Å². The first-order chi connectivity index (χ1) is 16.7. The van der Waals surface area contributed by atoms with Crippen LogP contribution < -0.4 is 10.1 Å². The van der Waals surface area contributed by atoms with Gasteiger partial charge in [0.05, 0.1) is 7.11 Å². The highest BCUT2D eigenvalue weighted by Crippen LogP contribution is 2.40. The lowest BCUT2D eigenvalue weighted by Gasteiger charge is -2.30. The Balaban J connectivity index is 1.55. The molecule has 3 aromatic heterocycles. The maximum atomic E-state index is 14.2. The molecule has 2 N–H and O–H groups in total. The molecule has 4 aromatic rings. The molecule has 0 bridgehead atoms. The number of nitrogens with zero attached hydrogens (tertiary/aromatic N) is 5. The highest BCUT2D eigenvalue weighted by molar-refractivity contribution is 5.86. The Morgan fingerprint density at radius 1 is 1.20 bits per heavy atom. The number of hydrogen-bond acceptors (Lipinski definition) is 6. The SMILES string of the molecule is COc1cccc2ccc(-c3nnc4ccc([C@H](N5CC[C@H](NC(=O)O)C5)C(F)(F)F)cn34)nc12. The molecule has 1 aliphatic heterocycles. The molecule has 2 atom stereocenters. The molecule has 0 saturated carbocycles. The van der Waals surface area contributed by atoms with E-state index in [2.05, 4.69) is 20.5 Å². The zero-order valence-corrected chi connectivity index (χ0v) is 18.5. The molecule has 35 heavy (non-hydrogen) atoms. The molecule has 1 aliphatic rings. The average molecular weight is 486 g/mol. The Morgan fingerprint density at radius 3 is 2.77 bits per heavy atom. The van der Waals surface area contributed by atoms with Crippen LogP contribution in [0.25, 0.3) is 28.1 Å². The number of fused-ring (bicyclic) bond motifs is 2. The fourth-order valence-electron chi connectivity index (χ4n) is 4.57. The fraction of sp³-hybridized carbons (Fsp3) is 0.304. The van der Waals surface area contributed by atoms with Crippen molar-refractivity contribution in [1.29, 1.82) is 0 Å². The summed E-state index contributed by atoms with van der Waals surface area (Å²) in [5.41, 5.74) is 1.41. The lowest BCUT2D eigenvalue weighted by atomic mass is 10.1. The topological polar surface area (TPSA) is 105 Å². The number of likely N-dealkylation sites (tertiary alicyclic amines) is 1. The molecule has 5 rings (SSSR count). The third-order valence-corrected chi connectivity index (χ3v) is 6.10. The molecule has 12 heteroatoms. The molecule has 9 nitrogen and oxygen atoms in total. The molecule has 1 fully saturated rings. The van der Waals surface area contributed by atoms with Crippen molar-refractivity contribution in [2.24, 2.45) is 0 Å². The second kappa shape index (κ2) is 8.69. The van der Waals surface area contributed by atoms with Gasteiger partial charge in [0.2, 0.25) is 0 Å². The molecule has 0 unspecified atom stereocenters. The van der Waals surface area contributed by atoms with Crippen molar-refractivity contribution in [2.45, 2.75) is 24.7 Å². The molecule has 4 heterocycles. The lowest BCUT2D eigenvalue weighted by Crippen LogP contribution is -2.40. The quantitative estimate of drug-likeness (QED) is 0.441. The number of hydrogen-bond donors (Lipinski definition) is 2. The van der Waals surface area contributed by atoms with E-state index in [-0.39, 0.29) is 18.7 Å². The first-order valence-electron chi connectivity index (χ1n) is 10.8. The minimum Gasteiger partial charge on any atom is -0.494 e. The summed E-state index contributed by atoms with van der Waals surface area (Å²) in [5, 5.41) is 20.3. The van der Waals surface area contributed by atoms with Crippen LogP contribution in [-0.4, -0.2) is 68.1 Å². The van der Waals surface area contributed by atoms with E-state index in [9.17, 15) is 18.0 Å². The normalized spacial score (nSPS) is 17.7. The number of carbonyl (C=O) groups is 1. The van der Waals surface area contributed by atoms with Gasteiger partial charge in [0, 0.05) is 30.7 Å². The number of nitrogens with one attached hydrogen (secondary N) is 1. The van der Waals surface area contributed by atoms with Crippen molar-refractivity contribution in [3.8, 4) is 17.3 Å². The molecule has 1 aromatic carbocycles. The highest BCUT2D eigenvalue weighted by Gasteiger charge is 2.47. The summed E-state index contributed by atoms with van der Waals surface area (Å²) >= 11 is 0. The number of alkyl halides is 3. The van der Waals surface area contributed by atoms with Gasteiger partial charge in [0.25, 0.3) is 0 Å². The average Bonchev–Trinajstić information content (AvgIpc) is 3.44. The van der Waals surface area contributed by atoms with E-state index in [1.807, 2.05) is 18.2 Å². The van der Waals surface area contributed by atoms with Gasteiger partial charge in [0.1, 0.15) is 23.0 Å². The molecule has 1 saturated heterocycles. The number of ether oxygens (including phenoxy) is 1. The first-order valence-corrected chi connectivity index (χ1v) is 10.8. The summed E-state index contributed by atoms with van der Waals surface area (Å²) in [7, 11) is 1.54. The van der Waals surface area contributed by atoms with E-state index < -0.39 is 24.4 Å². The van der Waals surface area contributed by atoms with Crippen molar-refractivity contribution in [2.75, 3.05) is 20.2 Å². The number of methoxy groups -OCH3 is 1. The van der Waals surface area contributed by atoms with E-state index in [0.717, 1.165) is 5.39 Å². The van der Waals surface area contributed by atoms with Crippen LogP contribution in [0, 0.1) is 0 Å². The maximum Gasteiger partial charge on any atom is 0.408 e. The first kappa shape index (κ1) is 22.8. The van der Waals surface area contributed by atoms with Crippen LogP contribution in [0.3, 0.4) is 0 Å². The summed E-state index contributed by atoms with van der Waals surface area (Å²) < 4.78 is 49.5. The second-order valence-electron chi connectivity index (χ2n) is 8.32. The number of rotatable bonds is 5. The zero-order valence-electron chi connectivity index (χ0n) is 18.5. The summed E-state index contributed by atoms with van der Waals surface area (Å²) in [6, 6.07) is 9.44. The van der Waals surface area contributed by atoms with E-state index in [0.29, 0.717) is 34.9 Å².